The molecule has 0 aliphatic rings. The zero-order valence-electron chi connectivity index (χ0n) is 21.0. The zero-order chi connectivity index (χ0) is 25.3. The fourth-order valence-electron chi connectivity index (χ4n) is 5.68. The van der Waals surface area contributed by atoms with Gasteiger partial charge in [0.15, 0.2) is 0 Å². The van der Waals surface area contributed by atoms with E-state index in [2.05, 4.69) is 158 Å². The second-order valence-corrected chi connectivity index (χ2v) is 9.73. The molecule has 7 aromatic rings. The van der Waals surface area contributed by atoms with Gasteiger partial charge in [-0.05, 0) is 78.2 Å². The minimum absolute atomic E-state index is 1.23. The summed E-state index contributed by atoms with van der Waals surface area (Å²) in [5, 5.41) is 5.09. The SMILES string of the molecule is c1ccc(-c2ccc3c(-c4ccccc4)c4ccc(-c5ccccc5)cc4c(-c4ccccc4)c3c2)cc1. The third-order valence-electron chi connectivity index (χ3n) is 7.46. The highest BCUT2D eigenvalue weighted by Crippen LogP contribution is 2.45. The van der Waals surface area contributed by atoms with Crippen LogP contribution in [-0.4, -0.2) is 0 Å². The fourth-order valence-corrected chi connectivity index (χ4v) is 5.68. The number of hydrogen-bond acceptors (Lipinski definition) is 0. The summed E-state index contributed by atoms with van der Waals surface area (Å²) in [7, 11) is 0. The summed E-state index contributed by atoms with van der Waals surface area (Å²) >= 11 is 0. The first-order chi connectivity index (χ1) is 18.9. The maximum Gasteiger partial charge on any atom is -0.00259 e. The molecule has 0 aromatic heterocycles. The Morgan fingerprint density at radius 1 is 0.211 bits per heavy atom. The molecule has 0 aliphatic carbocycles. The van der Waals surface area contributed by atoms with Crippen LogP contribution >= 0.6 is 0 Å². The summed E-state index contributed by atoms with van der Waals surface area (Å²) in [5.41, 5.74) is 9.96. The Hall–Kier alpha value is -4.94. The maximum atomic E-state index is 2.38. The van der Waals surface area contributed by atoms with Gasteiger partial charge in [0.05, 0.1) is 0 Å². The predicted molar refractivity (Wildman–Crippen MR) is 163 cm³/mol. The number of hydrogen-bond donors (Lipinski definition) is 0. The van der Waals surface area contributed by atoms with E-state index in [0.29, 0.717) is 0 Å². The second-order valence-electron chi connectivity index (χ2n) is 9.73. The van der Waals surface area contributed by atoms with E-state index in [0.717, 1.165) is 0 Å². The fraction of sp³-hybridized carbons (Fsp3) is 0. The van der Waals surface area contributed by atoms with Crippen molar-refractivity contribution in [2.75, 3.05) is 0 Å². The molecule has 0 fully saturated rings. The molecular formula is C38H26. The molecule has 0 atom stereocenters. The van der Waals surface area contributed by atoms with Gasteiger partial charge >= 0.3 is 0 Å². The average Bonchev–Trinajstić information content (AvgIpc) is 3.01. The van der Waals surface area contributed by atoms with Crippen LogP contribution in [-0.2, 0) is 0 Å². The van der Waals surface area contributed by atoms with E-state index in [9.17, 15) is 0 Å². The third kappa shape index (κ3) is 3.88. The van der Waals surface area contributed by atoms with Crippen LogP contribution in [0.5, 0.6) is 0 Å². The molecule has 0 amide bonds. The molecule has 38 heavy (non-hydrogen) atoms. The Labute approximate surface area is 223 Å². The number of fused-ring (bicyclic) bond motifs is 2. The van der Waals surface area contributed by atoms with E-state index in [-0.39, 0.29) is 0 Å². The van der Waals surface area contributed by atoms with Gasteiger partial charge in [0.1, 0.15) is 0 Å². The van der Waals surface area contributed by atoms with Crippen molar-refractivity contribution in [2.24, 2.45) is 0 Å². The molecule has 178 valence electrons. The number of benzene rings is 7. The van der Waals surface area contributed by atoms with Crippen LogP contribution < -0.4 is 0 Å². The largest absolute Gasteiger partial charge is 0.0622 e. The highest BCUT2D eigenvalue weighted by molar-refractivity contribution is 6.22. The molecule has 7 aromatic carbocycles. The van der Waals surface area contributed by atoms with E-state index >= 15 is 0 Å². The normalized spacial score (nSPS) is 11.2. The maximum absolute atomic E-state index is 2.38. The van der Waals surface area contributed by atoms with Gasteiger partial charge in [-0.25, -0.2) is 0 Å². The van der Waals surface area contributed by atoms with Crippen LogP contribution in [0.4, 0.5) is 0 Å². The van der Waals surface area contributed by atoms with Crippen molar-refractivity contribution in [2.45, 2.75) is 0 Å². The van der Waals surface area contributed by atoms with Gasteiger partial charge in [-0.1, -0.05) is 146 Å². The summed E-state index contributed by atoms with van der Waals surface area (Å²) in [6.45, 7) is 0. The van der Waals surface area contributed by atoms with E-state index in [1.165, 1.54) is 66.1 Å². The molecule has 0 spiro atoms. The molecule has 0 radical (unpaired) electrons. The summed E-state index contributed by atoms with van der Waals surface area (Å²) in [5.74, 6) is 0. The Kier molecular flexibility index (Phi) is 5.57. The Bertz CT molecular complexity index is 1770. The van der Waals surface area contributed by atoms with Gasteiger partial charge in [0.2, 0.25) is 0 Å². The standard InChI is InChI=1S/C38H26/c1-5-13-27(14-6-1)31-21-23-33-35(25-31)38(30-19-11-4-12-20-30)36-26-32(28-15-7-2-8-16-28)22-24-34(36)37(33)29-17-9-3-10-18-29/h1-26H. The molecule has 0 nitrogen and oxygen atoms in total. The van der Waals surface area contributed by atoms with Crippen LogP contribution in [0.2, 0.25) is 0 Å². The molecule has 0 heterocycles. The first-order valence-corrected chi connectivity index (χ1v) is 13.1. The highest BCUT2D eigenvalue weighted by atomic mass is 14.2. The quantitative estimate of drug-likeness (QED) is 0.219. The van der Waals surface area contributed by atoms with Crippen molar-refractivity contribution in [3.63, 3.8) is 0 Å². The zero-order valence-corrected chi connectivity index (χ0v) is 21.0. The number of rotatable bonds is 4. The lowest BCUT2D eigenvalue weighted by Crippen LogP contribution is -1.92. The average molecular weight is 483 g/mol. The summed E-state index contributed by atoms with van der Waals surface area (Å²) in [6.07, 6.45) is 0. The molecule has 0 aliphatic heterocycles. The topological polar surface area (TPSA) is 0 Å². The van der Waals surface area contributed by atoms with E-state index in [4.69, 9.17) is 0 Å². The first kappa shape index (κ1) is 22.3. The first-order valence-electron chi connectivity index (χ1n) is 13.1. The van der Waals surface area contributed by atoms with Gasteiger partial charge < -0.3 is 0 Å². The molecule has 0 bridgehead atoms. The Morgan fingerprint density at radius 2 is 0.526 bits per heavy atom. The van der Waals surface area contributed by atoms with Gasteiger partial charge in [-0.15, -0.1) is 0 Å². The monoisotopic (exact) mass is 482 g/mol. The molecule has 0 heteroatoms. The van der Waals surface area contributed by atoms with Crippen molar-refractivity contribution < 1.29 is 0 Å². The van der Waals surface area contributed by atoms with E-state index in [1.807, 2.05) is 0 Å². The van der Waals surface area contributed by atoms with Gasteiger partial charge in [-0.2, -0.15) is 0 Å². The van der Waals surface area contributed by atoms with Crippen molar-refractivity contribution in [3.8, 4) is 44.5 Å². The van der Waals surface area contributed by atoms with Gasteiger partial charge in [0, 0.05) is 0 Å². The van der Waals surface area contributed by atoms with Crippen molar-refractivity contribution in [1.29, 1.82) is 0 Å². The smallest absolute Gasteiger partial charge is 0.00259 e. The summed E-state index contributed by atoms with van der Waals surface area (Å²) in [6, 6.07) is 57.0. The van der Waals surface area contributed by atoms with Gasteiger partial charge in [-0.3, -0.25) is 0 Å². The van der Waals surface area contributed by atoms with Crippen molar-refractivity contribution in [1.82, 2.24) is 0 Å². The van der Waals surface area contributed by atoms with Crippen LogP contribution in [0, 0.1) is 0 Å². The summed E-state index contributed by atoms with van der Waals surface area (Å²) in [4.78, 5) is 0. The Balaban J connectivity index is 1.65. The predicted octanol–water partition coefficient (Wildman–Crippen LogP) is 10.7. The molecule has 0 saturated heterocycles. The van der Waals surface area contributed by atoms with Crippen LogP contribution in [0.1, 0.15) is 0 Å². The minimum atomic E-state index is 1.23. The highest BCUT2D eigenvalue weighted by Gasteiger charge is 2.18. The van der Waals surface area contributed by atoms with Crippen LogP contribution in [0.3, 0.4) is 0 Å². The molecule has 0 unspecified atom stereocenters. The van der Waals surface area contributed by atoms with Crippen molar-refractivity contribution in [3.05, 3.63) is 158 Å². The molecular weight excluding hydrogens is 456 g/mol. The van der Waals surface area contributed by atoms with Crippen LogP contribution in [0.25, 0.3) is 66.1 Å². The van der Waals surface area contributed by atoms with Gasteiger partial charge in [0.25, 0.3) is 0 Å². The van der Waals surface area contributed by atoms with Crippen molar-refractivity contribution >= 4 is 21.5 Å². The summed E-state index contributed by atoms with van der Waals surface area (Å²) < 4.78 is 0. The lowest BCUT2D eigenvalue weighted by atomic mass is 9.84. The lowest BCUT2D eigenvalue weighted by molar-refractivity contribution is 1.62. The minimum Gasteiger partial charge on any atom is -0.0622 e. The molecule has 0 N–H and O–H groups in total. The van der Waals surface area contributed by atoms with E-state index < -0.39 is 0 Å². The van der Waals surface area contributed by atoms with Crippen LogP contribution in [0.15, 0.2) is 158 Å². The lowest BCUT2D eigenvalue weighted by Gasteiger charge is -2.19. The van der Waals surface area contributed by atoms with E-state index in [1.54, 1.807) is 0 Å². The molecule has 0 saturated carbocycles. The Morgan fingerprint density at radius 3 is 0.895 bits per heavy atom. The molecule has 7 rings (SSSR count). The second kappa shape index (κ2) is 9.50. The third-order valence-corrected chi connectivity index (χ3v) is 7.46.